The van der Waals surface area contributed by atoms with E-state index in [9.17, 15) is 13.2 Å². The van der Waals surface area contributed by atoms with Crippen LogP contribution in [-0.4, -0.2) is 18.1 Å². The molecular formula is C14H20F3N3. The minimum Gasteiger partial charge on any atom is -0.370 e. The Bertz CT molecular complexity index is 434. The van der Waals surface area contributed by atoms with Gasteiger partial charge in [-0.25, -0.2) is 4.98 Å². The van der Waals surface area contributed by atoms with Crippen molar-refractivity contribution >= 4 is 5.82 Å². The molecule has 2 rings (SSSR count). The summed E-state index contributed by atoms with van der Waals surface area (Å²) < 4.78 is 37.7. The summed E-state index contributed by atoms with van der Waals surface area (Å²) in [6.07, 6.45) is 0.147. The molecule has 6 heteroatoms. The minimum absolute atomic E-state index is 0.279. The third kappa shape index (κ3) is 3.85. The van der Waals surface area contributed by atoms with E-state index in [0.29, 0.717) is 24.9 Å². The first-order chi connectivity index (χ1) is 9.50. The van der Waals surface area contributed by atoms with Gasteiger partial charge in [0.1, 0.15) is 11.5 Å². The average molecular weight is 287 g/mol. The van der Waals surface area contributed by atoms with E-state index in [1.54, 1.807) is 6.07 Å². The summed E-state index contributed by atoms with van der Waals surface area (Å²) in [7, 11) is 0. The molecule has 0 aromatic carbocycles. The SMILES string of the molecule is NCC1CCCCC1CNc1cccc(C(F)(F)F)n1. The molecular weight excluding hydrogens is 267 g/mol. The summed E-state index contributed by atoms with van der Waals surface area (Å²) in [4.78, 5) is 3.61. The molecule has 0 spiro atoms. The Morgan fingerprint density at radius 2 is 1.90 bits per heavy atom. The molecule has 3 nitrogen and oxygen atoms in total. The van der Waals surface area contributed by atoms with E-state index in [4.69, 9.17) is 5.73 Å². The van der Waals surface area contributed by atoms with E-state index in [-0.39, 0.29) is 5.82 Å². The van der Waals surface area contributed by atoms with Crippen molar-refractivity contribution in [3.63, 3.8) is 0 Å². The summed E-state index contributed by atoms with van der Waals surface area (Å²) in [6.45, 7) is 1.28. The van der Waals surface area contributed by atoms with Crippen LogP contribution in [0, 0.1) is 11.8 Å². The van der Waals surface area contributed by atoms with E-state index < -0.39 is 11.9 Å². The first kappa shape index (κ1) is 15.1. The monoisotopic (exact) mass is 287 g/mol. The Labute approximate surface area is 116 Å². The molecule has 2 unspecified atom stereocenters. The van der Waals surface area contributed by atoms with Crippen LogP contribution in [0.25, 0.3) is 0 Å². The zero-order valence-electron chi connectivity index (χ0n) is 11.3. The van der Waals surface area contributed by atoms with Gasteiger partial charge in [-0.05, 0) is 43.4 Å². The molecule has 112 valence electrons. The second kappa shape index (κ2) is 6.43. The second-order valence-corrected chi connectivity index (χ2v) is 5.33. The largest absolute Gasteiger partial charge is 0.433 e. The normalized spacial score (nSPS) is 23.6. The van der Waals surface area contributed by atoms with Crippen LogP contribution in [0.4, 0.5) is 19.0 Å². The second-order valence-electron chi connectivity index (χ2n) is 5.33. The number of hydrogen-bond acceptors (Lipinski definition) is 3. The lowest BCUT2D eigenvalue weighted by atomic mass is 9.79. The highest BCUT2D eigenvalue weighted by Gasteiger charge is 2.32. The zero-order chi connectivity index (χ0) is 14.6. The molecule has 0 aliphatic heterocycles. The molecule has 0 amide bonds. The van der Waals surface area contributed by atoms with Crippen LogP contribution in [0.3, 0.4) is 0 Å². The molecule has 1 fully saturated rings. The van der Waals surface area contributed by atoms with E-state index >= 15 is 0 Å². The Kier molecular flexibility index (Phi) is 4.86. The van der Waals surface area contributed by atoms with Gasteiger partial charge in [-0.15, -0.1) is 0 Å². The van der Waals surface area contributed by atoms with E-state index in [1.807, 2.05) is 0 Å². The van der Waals surface area contributed by atoms with Gasteiger partial charge in [0.2, 0.25) is 0 Å². The van der Waals surface area contributed by atoms with Crippen molar-refractivity contribution in [2.24, 2.45) is 17.6 Å². The van der Waals surface area contributed by atoms with Crippen molar-refractivity contribution in [2.75, 3.05) is 18.4 Å². The van der Waals surface area contributed by atoms with Gasteiger partial charge in [-0.1, -0.05) is 18.9 Å². The standard InChI is InChI=1S/C14H20F3N3/c15-14(16,17)12-6-3-7-13(20-12)19-9-11-5-2-1-4-10(11)8-18/h3,6-7,10-11H,1-2,4-5,8-9,18H2,(H,19,20). The molecule has 3 N–H and O–H groups in total. The van der Waals surface area contributed by atoms with E-state index in [1.165, 1.54) is 18.9 Å². The molecule has 1 aliphatic carbocycles. The molecule has 0 saturated heterocycles. The first-order valence-corrected chi connectivity index (χ1v) is 6.99. The minimum atomic E-state index is -4.40. The highest BCUT2D eigenvalue weighted by atomic mass is 19.4. The number of halogens is 3. The van der Waals surface area contributed by atoms with Crippen LogP contribution in [0.1, 0.15) is 31.4 Å². The molecule has 1 aliphatic rings. The lowest BCUT2D eigenvalue weighted by Gasteiger charge is -2.30. The van der Waals surface area contributed by atoms with Crippen LogP contribution in [-0.2, 0) is 6.18 Å². The number of hydrogen-bond donors (Lipinski definition) is 2. The predicted octanol–water partition coefficient (Wildman–Crippen LogP) is 3.28. The molecule has 1 heterocycles. The number of nitrogens with zero attached hydrogens (tertiary/aromatic N) is 1. The van der Waals surface area contributed by atoms with Crippen LogP contribution in [0.5, 0.6) is 0 Å². The van der Waals surface area contributed by atoms with Crippen LogP contribution >= 0.6 is 0 Å². The number of pyridine rings is 1. The van der Waals surface area contributed by atoms with Gasteiger partial charge < -0.3 is 11.1 Å². The number of anilines is 1. The van der Waals surface area contributed by atoms with Gasteiger partial charge in [-0.3, -0.25) is 0 Å². The lowest BCUT2D eigenvalue weighted by Crippen LogP contribution is -2.31. The summed E-state index contributed by atoms with van der Waals surface area (Å²) in [6, 6.07) is 3.92. The summed E-state index contributed by atoms with van der Waals surface area (Å²) in [5.74, 6) is 1.16. The number of alkyl halides is 3. The topological polar surface area (TPSA) is 50.9 Å². The highest BCUT2D eigenvalue weighted by Crippen LogP contribution is 2.30. The van der Waals surface area contributed by atoms with Crippen molar-refractivity contribution in [3.05, 3.63) is 23.9 Å². The fraction of sp³-hybridized carbons (Fsp3) is 0.643. The maximum atomic E-state index is 12.6. The first-order valence-electron chi connectivity index (χ1n) is 6.99. The van der Waals surface area contributed by atoms with Crippen molar-refractivity contribution in [1.29, 1.82) is 0 Å². The molecule has 20 heavy (non-hydrogen) atoms. The number of nitrogens with two attached hydrogens (primary N) is 1. The maximum Gasteiger partial charge on any atom is 0.433 e. The fourth-order valence-electron chi connectivity index (χ4n) is 2.79. The highest BCUT2D eigenvalue weighted by molar-refractivity contribution is 5.36. The zero-order valence-corrected chi connectivity index (χ0v) is 11.3. The summed E-state index contributed by atoms with van der Waals surface area (Å²) in [5.41, 5.74) is 4.89. The van der Waals surface area contributed by atoms with E-state index in [2.05, 4.69) is 10.3 Å². The van der Waals surface area contributed by atoms with Crippen LogP contribution in [0.15, 0.2) is 18.2 Å². The number of rotatable bonds is 4. The smallest absolute Gasteiger partial charge is 0.370 e. The van der Waals surface area contributed by atoms with Gasteiger partial charge in [-0.2, -0.15) is 13.2 Å². The molecule has 1 saturated carbocycles. The van der Waals surface area contributed by atoms with Gasteiger partial charge in [0.05, 0.1) is 0 Å². The molecule has 0 bridgehead atoms. The van der Waals surface area contributed by atoms with Gasteiger partial charge in [0.25, 0.3) is 0 Å². The predicted molar refractivity (Wildman–Crippen MR) is 72.2 cm³/mol. The van der Waals surface area contributed by atoms with Crippen LogP contribution in [0.2, 0.25) is 0 Å². The fourth-order valence-corrected chi connectivity index (χ4v) is 2.79. The van der Waals surface area contributed by atoms with Gasteiger partial charge >= 0.3 is 6.18 Å². The van der Waals surface area contributed by atoms with Crippen molar-refractivity contribution in [3.8, 4) is 0 Å². The van der Waals surface area contributed by atoms with Crippen LogP contribution < -0.4 is 11.1 Å². The van der Waals surface area contributed by atoms with Crippen molar-refractivity contribution in [2.45, 2.75) is 31.9 Å². The third-order valence-corrected chi connectivity index (χ3v) is 3.95. The Hall–Kier alpha value is -1.30. The van der Waals surface area contributed by atoms with Crippen molar-refractivity contribution in [1.82, 2.24) is 4.98 Å². The number of aromatic nitrogens is 1. The summed E-state index contributed by atoms with van der Waals surface area (Å²) in [5, 5.41) is 3.02. The molecule has 1 aromatic heterocycles. The molecule has 0 radical (unpaired) electrons. The van der Waals surface area contributed by atoms with Gasteiger partial charge in [0, 0.05) is 6.54 Å². The van der Waals surface area contributed by atoms with E-state index in [0.717, 1.165) is 18.9 Å². The maximum absolute atomic E-state index is 12.6. The average Bonchev–Trinajstić information content (AvgIpc) is 2.45. The molecule has 2 atom stereocenters. The third-order valence-electron chi connectivity index (χ3n) is 3.95. The summed E-state index contributed by atoms with van der Waals surface area (Å²) >= 11 is 0. The van der Waals surface area contributed by atoms with Gasteiger partial charge in [0.15, 0.2) is 0 Å². The van der Waals surface area contributed by atoms with Crippen molar-refractivity contribution < 1.29 is 13.2 Å². The molecule has 1 aromatic rings. The Morgan fingerprint density at radius 3 is 2.55 bits per heavy atom. The number of nitrogens with one attached hydrogen (secondary N) is 1. The Morgan fingerprint density at radius 1 is 1.20 bits per heavy atom. The quantitative estimate of drug-likeness (QED) is 0.893. The lowest BCUT2D eigenvalue weighted by molar-refractivity contribution is -0.141. The Balaban J connectivity index is 1.96.